The van der Waals surface area contributed by atoms with Gasteiger partial charge in [-0.1, -0.05) is 23.7 Å². The number of anilines is 1. The Balaban J connectivity index is 2.38. The summed E-state index contributed by atoms with van der Waals surface area (Å²) in [7, 11) is -4.24. The van der Waals surface area contributed by atoms with Gasteiger partial charge in [0.25, 0.3) is 10.0 Å². The van der Waals surface area contributed by atoms with Crippen molar-refractivity contribution < 1.29 is 26.3 Å². The van der Waals surface area contributed by atoms with Crippen LogP contribution in [0.15, 0.2) is 47.4 Å². The molecule has 1 N–H and O–H groups in total. The SMILES string of the molecule is CCOc1ccc(S(=O)(=O)Nc2ccccc2C(F)(F)F)cc1Cl. The quantitative estimate of drug-likeness (QED) is 0.828. The van der Waals surface area contributed by atoms with Crippen LogP contribution in [-0.2, 0) is 16.2 Å². The van der Waals surface area contributed by atoms with Gasteiger partial charge in [-0.3, -0.25) is 4.72 Å². The lowest BCUT2D eigenvalue weighted by atomic mass is 10.2. The van der Waals surface area contributed by atoms with E-state index in [1.54, 1.807) is 6.92 Å². The number of sulfonamides is 1. The summed E-state index contributed by atoms with van der Waals surface area (Å²) >= 11 is 5.92. The van der Waals surface area contributed by atoms with E-state index in [0.717, 1.165) is 18.2 Å². The van der Waals surface area contributed by atoms with E-state index in [9.17, 15) is 21.6 Å². The highest BCUT2D eigenvalue weighted by atomic mass is 35.5. The molecule has 4 nitrogen and oxygen atoms in total. The summed E-state index contributed by atoms with van der Waals surface area (Å²) in [5.74, 6) is 0.286. The molecule has 0 aromatic heterocycles. The fraction of sp³-hybridized carbons (Fsp3) is 0.200. The van der Waals surface area contributed by atoms with Crippen molar-refractivity contribution in [3.63, 3.8) is 0 Å². The Morgan fingerprint density at radius 3 is 2.42 bits per heavy atom. The molecule has 0 aliphatic rings. The minimum atomic E-state index is -4.68. The second kappa shape index (κ2) is 6.90. The molecule has 130 valence electrons. The average molecular weight is 380 g/mol. The minimum absolute atomic E-state index is 0.0452. The summed E-state index contributed by atoms with van der Waals surface area (Å²) in [6.07, 6.45) is -4.68. The lowest BCUT2D eigenvalue weighted by Gasteiger charge is -2.15. The molecule has 0 radical (unpaired) electrons. The van der Waals surface area contributed by atoms with Crippen LogP contribution >= 0.6 is 11.6 Å². The van der Waals surface area contributed by atoms with E-state index in [1.165, 1.54) is 24.3 Å². The Morgan fingerprint density at radius 1 is 1.17 bits per heavy atom. The van der Waals surface area contributed by atoms with Crippen LogP contribution in [0.25, 0.3) is 0 Å². The molecule has 0 bridgehead atoms. The van der Waals surface area contributed by atoms with E-state index in [-0.39, 0.29) is 15.7 Å². The zero-order chi connectivity index (χ0) is 18.0. The molecule has 0 amide bonds. The molecule has 9 heteroatoms. The fourth-order valence-corrected chi connectivity index (χ4v) is 3.35. The van der Waals surface area contributed by atoms with E-state index in [0.29, 0.717) is 6.61 Å². The van der Waals surface area contributed by atoms with Gasteiger partial charge >= 0.3 is 6.18 Å². The standard InChI is InChI=1S/C15H13ClF3NO3S/c1-2-23-14-8-7-10(9-12(14)16)24(21,22)20-13-6-4-3-5-11(13)15(17,18)19/h3-9,20H,2H2,1H3. The largest absolute Gasteiger partial charge is 0.492 e. The summed E-state index contributed by atoms with van der Waals surface area (Å²) in [6, 6.07) is 7.97. The van der Waals surface area contributed by atoms with Crippen molar-refractivity contribution in [3.05, 3.63) is 53.1 Å². The Kier molecular flexibility index (Phi) is 5.29. The number of halogens is 4. The zero-order valence-corrected chi connectivity index (χ0v) is 14.0. The van der Waals surface area contributed by atoms with Gasteiger partial charge in [-0.15, -0.1) is 0 Å². The van der Waals surface area contributed by atoms with Crippen molar-refractivity contribution in [3.8, 4) is 5.75 Å². The maximum absolute atomic E-state index is 13.0. The van der Waals surface area contributed by atoms with Crippen molar-refractivity contribution in [2.75, 3.05) is 11.3 Å². The molecule has 2 aromatic rings. The van der Waals surface area contributed by atoms with Crippen LogP contribution in [0.5, 0.6) is 5.75 Å². The van der Waals surface area contributed by atoms with E-state index in [4.69, 9.17) is 16.3 Å². The maximum Gasteiger partial charge on any atom is 0.418 e. The van der Waals surface area contributed by atoms with E-state index in [1.807, 2.05) is 4.72 Å². The van der Waals surface area contributed by atoms with Crippen LogP contribution in [0.4, 0.5) is 18.9 Å². The summed E-state index contributed by atoms with van der Waals surface area (Å²) in [6.45, 7) is 2.07. The van der Waals surface area contributed by atoms with Gasteiger partial charge < -0.3 is 4.74 Å². The van der Waals surface area contributed by atoms with Crippen molar-refractivity contribution in [1.82, 2.24) is 0 Å². The smallest absolute Gasteiger partial charge is 0.418 e. The number of nitrogens with one attached hydrogen (secondary N) is 1. The molecule has 0 heterocycles. The molecule has 0 spiro atoms. The molecule has 2 rings (SSSR count). The van der Waals surface area contributed by atoms with Crippen molar-refractivity contribution in [1.29, 1.82) is 0 Å². The van der Waals surface area contributed by atoms with Gasteiger partial charge in [-0.25, -0.2) is 8.42 Å². The molecule has 0 aliphatic heterocycles. The zero-order valence-electron chi connectivity index (χ0n) is 12.4. The van der Waals surface area contributed by atoms with E-state index in [2.05, 4.69) is 0 Å². The van der Waals surface area contributed by atoms with Crippen LogP contribution in [0.3, 0.4) is 0 Å². The number of alkyl halides is 3. The van der Waals surface area contributed by atoms with Gasteiger partial charge in [-0.2, -0.15) is 13.2 Å². The van der Waals surface area contributed by atoms with Gasteiger partial charge in [0.15, 0.2) is 0 Å². The van der Waals surface area contributed by atoms with Crippen LogP contribution < -0.4 is 9.46 Å². The third-order valence-corrected chi connectivity index (χ3v) is 4.65. The van der Waals surface area contributed by atoms with Crippen molar-refractivity contribution in [2.24, 2.45) is 0 Å². The molecule has 0 saturated carbocycles. The van der Waals surface area contributed by atoms with Gasteiger partial charge in [0.05, 0.1) is 27.8 Å². The van der Waals surface area contributed by atoms with Crippen LogP contribution in [-0.4, -0.2) is 15.0 Å². The summed E-state index contributed by atoms with van der Waals surface area (Å²) in [5, 5.41) is 0.0452. The number of benzene rings is 2. The molecule has 0 aliphatic carbocycles. The topological polar surface area (TPSA) is 55.4 Å². The van der Waals surface area contributed by atoms with Crippen molar-refractivity contribution >= 4 is 27.3 Å². The second-order valence-electron chi connectivity index (χ2n) is 4.67. The first-order valence-electron chi connectivity index (χ1n) is 6.76. The molecule has 0 fully saturated rings. The normalized spacial score (nSPS) is 12.0. The number of para-hydroxylation sites is 1. The Bertz CT molecular complexity index is 838. The van der Waals surface area contributed by atoms with Crippen molar-refractivity contribution in [2.45, 2.75) is 18.0 Å². The molecule has 0 unspecified atom stereocenters. The highest BCUT2D eigenvalue weighted by molar-refractivity contribution is 7.92. The first-order chi connectivity index (χ1) is 11.1. The third kappa shape index (κ3) is 4.12. The Hall–Kier alpha value is -1.93. The number of hydrogen-bond donors (Lipinski definition) is 1. The molecule has 24 heavy (non-hydrogen) atoms. The average Bonchev–Trinajstić information content (AvgIpc) is 2.48. The highest BCUT2D eigenvalue weighted by Gasteiger charge is 2.34. The summed E-state index contributed by atoms with van der Waals surface area (Å²) in [5.41, 5.74) is -1.64. The Labute approximate surface area is 142 Å². The number of rotatable bonds is 5. The molecular formula is C15H13ClF3NO3S. The van der Waals surface area contributed by atoms with Gasteiger partial charge in [-0.05, 0) is 37.3 Å². The van der Waals surface area contributed by atoms with Gasteiger partial charge in [0.1, 0.15) is 5.75 Å². The molecule has 0 saturated heterocycles. The second-order valence-corrected chi connectivity index (χ2v) is 6.76. The van der Waals surface area contributed by atoms with E-state index < -0.39 is 27.5 Å². The predicted octanol–water partition coefficient (Wildman–Crippen LogP) is 4.56. The highest BCUT2D eigenvalue weighted by Crippen LogP contribution is 2.36. The molecular weight excluding hydrogens is 367 g/mol. The van der Waals surface area contributed by atoms with Crippen LogP contribution in [0, 0.1) is 0 Å². The van der Waals surface area contributed by atoms with Crippen LogP contribution in [0.1, 0.15) is 12.5 Å². The summed E-state index contributed by atoms with van der Waals surface area (Å²) < 4.78 is 70.6. The lowest BCUT2D eigenvalue weighted by molar-refractivity contribution is -0.136. The Morgan fingerprint density at radius 2 is 1.83 bits per heavy atom. The molecule has 2 aromatic carbocycles. The number of hydrogen-bond acceptors (Lipinski definition) is 3. The van der Waals surface area contributed by atoms with Gasteiger partial charge in [0, 0.05) is 0 Å². The monoisotopic (exact) mass is 379 g/mol. The first kappa shape index (κ1) is 18.4. The maximum atomic E-state index is 13.0. The minimum Gasteiger partial charge on any atom is -0.492 e. The fourth-order valence-electron chi connectivity index (χ4n) is 1.94. The predicted molar refractivity (Wildman–Crippen MR) is 84.9 cm³/mol. The van der Waals surface area contributed by atoms with Crippen LogP contribution in [0.2, 0.25) is 5.02 Å². The summed E-state index contributed by atoms with van der Waals surface area (Å²) in [4.78, 5) is -0.270. The van der Waals surface area contributed by atoms with Gasteiger partial charge in [0.2, 0.25) is 0 Å². The lowest BCUT2D eigenvalue weighted by Crippen LogP contribution is -2.17. The third-order valence-electron chi connectivity index (χ3n) is 2.99. The first-order valence-corrected chi connectivity index (χ1v) is 8.62. The molecule has 0 atom stereocenters. The number of ether oxygens (including phenoxy) is 1. The van der Waals surface area contributed by atoms with E-state index >= 15 is 0 Å².